The maximum absolute atomic E-state index is 11.7. The molecule has 132 valence electrons. The smallest absolute Gasteiger partial charge is 0.331 e. The van der Waals surface area contributed by atoms with Crippen LogP contribution in [0.25, 0.3) is 16.3 Å². The number of ether oxygens (including phenoxy) is 1. The molecule has 0 spiro atoms. The number of amides is 2. The summed E-state index contributed by atoms with van der Waals surface area (Å²) in [5, 5.41) is 2.41. The summed E-state index contributed by atoms with van der Waals surface area (Å²) in [6.45, 7) is -0.506. The van der Waals surface area contributed by atoms with Crippen molar-refractivity contribution >= 4 is 56.7 Å². The Hall–Kier alpha value is -3.04. The van der Waals surface area contributed by atoms with E-state index in [1.165, 1.54) is 34.8 Å². The molecule has 2 amide bonds. The summed E-state index contributed by atoms with van der Waals surface area (Å²) >= 11 is 2.69. The second-order valence-electron chi connectivity index (χ2n) is 4.94. The van der Waals surface area contributed by atoms with Crippen molar-refractivity contribution in [1.29, 1.82) is 0 Å². The van der Waals surface area contributed by atoms with Crippen LogP contribution in [0.4, 0.5) is 0 Å². The van der Waals surface area contributed by atoms with Crippen LogP contribution < -0.4 is 10.9 Å². The second-order valence-corrected chi connectivity index (χ2v) is 6.95. The molecule has 2 aromatic heterocycles. The number of hydrogen-bond acceptors (Lipinski definition) is 7. The van der Waals surface area contributed by atoms with E-state index in [-0.39, 0.29) is 0 Å². The van der Waals surface area contributed by atoms with Crippen LogP contribution in [0, 0.1) is 0 Å². The van der Waals surface area contributed by atoms with Crippen LogP contribution in [0.1, 0.15) is 14.7 Å². The van der Waals surface area contributed by atoms with E-state index in [4.69, 9.17) is 4.74 Å². The molecular weight excluding hydrogens is 374 g/mol. The zero-order valence-corrected chi connectivity index (χ0v) is 14.9. The van der Waals surface area contributed by atoms with Gasteiger partial charge in [-0.2, -0.15) is 0 Å². The van der Waals surface area contributed by atoms with E-state index in [2.05, 4.69) is 15.8 Å². The van der Waals surface area contributed by atoms with Gasteiger partial charge in [0.1, 0.15) is 5.01 Å². The molecule has 2 N–H and O–H groups in total. The van der Waals surface area contributed by atoms with Crippen molar-refractivity contribution < 1.29 is 19.1 Å². The number of fused-ring (bicyclic) bond motifs is 1. The van der Waals surface area contributed by atoms with E-state index < -0.39 is 24.4 Å². The summed E-state index contributed by atoms with van der Waals surface area (Å²) in [7, 11) is 0. The molecule has 7 nitrogen and oxygen atoms in total. The lowest BCUT2D eigenvalue weighted by molar-refractivity contribution is -0.144. The molecule has 3 rings (SSSR count). The summed E-state index contributed by atoms with van der Waals surface area (Å²) in [5.41, 5.74) is 5.26. The number of para-hydroxylation sites is 1. The van der Waals surface area contributed by atoms with Crippen LogP contribution in [0.2, 0.25) is 0 Å². The Balaban J connectivity index is 1.43. The molecular formula is C17H13N3O4S2. The van der Waals surface area contributed by atoms with Crippen LogP contribution in [0.15, 0.2) is 47.9 Å². The fourth-order valence-corrected chi connectivity index (χ4v) is 3.41. The van der Waals surface area contributed by atoms with E-state index in [1.807, 2.05) is 24.3 Å². The Morgan fingerprint density at radius 3 is 2.73 bits per heavy atom. The van der Waals surface area contributed by atoms with Gasteiger partial charge in [0.2, 0.25) is 0 Å². The highest BCUT2D eigenvalue weighted by atomic mass is 32.1. The number of carbonyl (C=O) groups is 3. The molecule has 9 heteroatoms. The maximum Gasteiger partial charge on any atom is 0.331 e. The van der Waals surface area contributed by atoms with Gasteiger partial charge in [-0.3, -0.25) is 20.4 Å². The molecule has 0 radical (unpaired) electrons. The van der Waals surface area contributed by atoms with E-state index in [9.17, 15) is 14.4 Å². The number of esters is 1. The fourth-order valence-electron chi connectivity index (χ4n) is 1.92. The van der Waals surface area contributed by atoms with Crippen molar-refractivity contribution in [2.75, 3.05) is 6.61 Å². The highest BCUT2D eigenvalue weighted by Crippen LogP contribution is 2.22. The molecule has 26 heavy (non-hydrogen) atoms. The molecule has 0 aliphatic heterocycles. The molecule has 0 aliphatic carbocycles. The largest absolute Gasteiger partial charge is 0.452 e. The minimum Gasteiger partial charge on any atom is -0.452 e. The Morgan fingerprint density at radius 1 is 1.12 bits per heavy atom. The van der Waals surface area contributed by atoms with Gasteiger partial charge in [-0.15, -0.1) is 22.7 Å². The standard InChI is InChI=1S/C17H13N3O4S2/c21-14(19-20-17(23)13-6-3-9-25-13)10-24-16(22)8-7-15-18-11-4-1-2-5-12(11)26-15/h1-9H,10H2,(H,19,21)(H,20,23)/b8-7+. The minimum absolute atomic E-state index is 0.435. The number of thiazole rings is 1. The zero-order valence-electron chi connectivity index (χ0n) is 13.3. The molecule has 3 aromatic rings. The van der Waals surface area contributed by atoms with Crippen LogP contribution in [0.5, 0.6) is 0 Å². The number of benzene rings is 1. The second kappa shape index (κ2) is 8.37. The molecule has 0 saturated heterocycles. The van der Waals surface area contributed by atoms with Crippen molar-refractivity contribution in [1.82, 2.24) is 15.8 Å². The number of thiophene rings is 1. The third-order valence-electron chi connectivity index (χ3n) is 3.08. The highest BCUT2D eigenvalue weighted by Gasteiger charge is 2.09. The van der Waals surface area contributed by atoms with Gasteiger partial charge in [-0.05, 0) is 29.7 Å². The van der Waals surface area contributed by atoms with E-state index >= 15 is 0 Å². The normalized spacial score (nSPS) is 10.8. The third-order valence-corrected chi connectivity index (χ3v) is 4.95. The lowest BCUT2D eigenvalue weighted by Gasteiger charge is -2.06. The van der Waals surface area contributed by atoms with E-state index in [0.717, 1.165) is 10.2 Å². The number of hydrazine groups is 1. The quantitative estimate of drug-likeness (QED) is 0.398. The minimum atomic E-state index is -0.677. The van der Waals surface area contributed by atoms with Crippen molar-refractivity contribution in [3.05, 3.63) is 57.7 Å². The molecule has 0 atom stereocenters. The third kappa shape index (κ3) is 4.74. The topological polar surface area (TPSA) is 97.4 Å². The van der Waals surface area contributed by atoms with Crippen LogP contribution >= 0.6 is 22.7 Å². The van der Waals surface area contributed by atoms with Crippen LogP contribution in [0.3, 0.4) is 0 Å². The lowest BCUT2D eigenvalue weighted by Crippen LogP contribution is -2.43. The first-order valence-corrected chi connectivity index (χ1v) is 9.14. The van der Waals surface area contributed by atoms with Gasteiger partial charge in [0.25, 0.3) is 11.8 Å². The molecule has 1 aromatic carbocycles. The number of hydrogen-bond donors (Lipinski definition) is 2. The number of carbonyl (C=O) groups excluding carboxylic acids is 3. The van der Waals surface area contributed by atoms with Gasteiger partial charge in [-0.1, -0.05) is 18.2 Å². The first-order valence-electron chi connectivity index (χ1n) is 7.45. The summed E-state index contributed by atoms with van der Waals surface area (Å²) in [5.74, 6) is -1.75. The summed E-state index contributed by atoms with van der Waals surface area (Å²) in [4.78, 5) is 39.7. The molecule has 0 unspecified atom stereocenters. The van der Waals surface area contributed by atoms with Crippen molar-refractivity contribution in [2.24, 2.45) is 0 Å². The Labute approximate surface area is 156 Å². The average molecular weight is 387 g/mol. The van der Waals surface area contributed by atoms with Gasteiger partial charge < -0.3 is 4.74 Å². The van der Waals surface area contributed by atoms with Crippen LogP contribution in [-0.4, -0.2) is 29.4 Å². The molecule has 0 saturated carbocycles. The number of nitrogens with one attached hydrogen (secondary N) is 2. The van der Waals surface area contributed by atoms with Gasteiger partial charge in [0.05, 0.1) is 15.1 Å². The molecule has 0 bridgehead atoms. The van der Waals surface area contributed by atoms with Crippen molar-refractivity contribution in [3.63, 3.8) is 0 Å². The fraction of sp³-hybridized carbons (Fsp3) is 0.0588. The zero-order chi connectivity index (χ0) is 18.4. The monoisotopic (exact) mass is 387 g/mol. The van der Waals surface area contributed by atoms with E-state index in [1.54, 1.807) is 17.5 Å². The molecule has 2 heterocycles. The first-order chi connectivity index (χ1) is 12.6. The van der Waals surface area contributed by atoms with Gasteiger partial charge in [0, 0.05) is 6.08 Å². The Bertz CT molecular complexity index is 930. The number of nitrogens with zero attached hydrogens (tertiary/aromatic N) is 1. The van der Waals surface area contributed by atoms with Crippen molar-refractivity contribution in [3.8, 4) is 0 Å². The predicted molar refractivity (Wildman–Crippen MR) is 99.5 cm³/mol. The average Bonchev–Trinajstić information content (AvgIpc) is 3.31. The van der Waals surface area contributed by atoms with E-state index in [0.29, 0.717) is 9.88 Å². The SMILES string of the molecule is O=C(COC(=O)/C=C/c1nc2ccccc2s1)NNC(=O)c1cccs1. The van der Waals surface area contributed by atoms with Crippen molar-refractivity contribution in [2.45, 2.75) is 0 Å². The Morgan fingerprint density at radius 2 is 1.96 bits per heavy atom. The van der Waals surface area contributed by atoms with Gasteiger partial charge >= 0.3 is 5.97 Å². The summed E-state index contributed by atoms with van der Waals surface area (Å²) < 4.78 is 5.83. The number of aromatic nitrogens is 1. The summed E-state index contributed by atoms with van der Waals surface area (Å²) in [6.07, 6.45) is 2.73. The van der Waals surface area contributed by atoms with Gasteiger partial charge in [0.15, 0.2) is 6.61 Å². The lowest BCUT2D eigenvalue weighted by atomic mass is 10.3. The summed E-state index contributed by atoms with van der Waals surface area (Å²) in [6, 6.07) is 11.0. The Kier molecular flexibility index (Phi) is 5.72. The number of rotatable bonds is 5. The predicted octanol–water partition coefficient (Wildman–Crippen LogP) is 2.38. The first kappa shape index (κ1) is 17.8. The molecule has 0 aliphatic rings. The van der Waals surface area contributed by atoms with Gasteiger partial charge in [-0.25, -0.2) is 9.78 Å². The van der Waals surface area contributed by atoms with Crippen LogP contribution in [-0.2, 0) is 14.3 Å². The highest BCUT2D eigenvalue weighted by molar-refractivity contribution is 7.19. The molecule has 0 fully saturated rings. The maximum atomic E-state index is 11.7.